The predicted molar refractivity (Wildman–Crippen MR) is 56.5 cm³/mol. The number of nitrogen functional groups attached to an aromatic ring is 1. The normalized spacial score (nSPS) is 15.8. The number of likely N-dealkylation sites (N-methyl/N-ethyl adjacent to an activating group) is 1. The molecule has 0 aromatic heterocycles. The van der Waals surface area contributed by atoms with Crippen molar-refractivity contribution in [2.45, 2.75) is 0 Å². The van der Waals surface area contributed by atoms with Gasteiger partial charge in [-0.2, -0.15) is 0 Å². The molecule has 0 aliphatic carbocycles. The smallest absolute Gasteiger partial charge is 0.253 e. The molecular formula is C10H13N3O. The average molecular weight is 191 g/mol. The van der Waals surface area contributed by atoms with Crippen LogP contribution in [0.5, 0.6) is 0 Å². The molecule has 0 saturated heterocycles. The fourth-order valence-electron chi connectivity index (χ4n) is 1.71. The molecule has 2 rings (SSSR count). The topological polar surface area (TPSA) is 58.4 Å². The number of nitrogens with zero attached hydrogens (tertiary/aromatic N) is 1. The number of anilines is 2. The number of rotatable bonds is 0. The molecule has 0 spiro atoms. The molecule has 14 heavy (non-hydrogen) atoms. The van der Waals surface area contributed by atoms with Crippen molar-refractivity contribution in [1.29, 1.82) is 0 Å². The zero-order chi connectivity index (χ0) is 10.1. The average Bonchev–Trinajstić information content (AvgIpc) is 2.29. The van der Waals surface area contributed by atoms with Gasteiger partial charge >= 0.3 is 0 Å². The summed E-state index contributed by atoms with van der Waals surface area (Å²) in [6.45, 7) is 1.44. The van der Waals surface area contributed by atoms with Crippen LogP contribution in [0.2, 0.25) is 0 Å². The summed E-state index contributed by atoms with van der Waals surface area (Å²) in [6.07, 6.45) is 0. The summed E-state index contributed by atoms with van der Waals surface area (Å²) in [5.74, 6) is -0.0448. The number of carbonyl (C=O) groups is 1. The molecule has 74 valence electrons. The molecule has 1 aromatic carbocycles. The lowest BCUT2D eigenvalue weighted by Crippen LogP contribution is -2.27. The van der Waals surface area contributed by atoms with Gasteiger partial charge in [-0.1, -0.05) is 6.07 Å². The highest BCUT2D eigenvalue weighted by Gasteiger charge is 2.19. The first-order valence-electron chi connectivity index (χ1n) is 4.58. The molecule has 1 heterocycles. The molecule has 1 aliphatic heterocycles. The number of fused-ring (bicyclic) bond motifs is 1. The lowest BCUT2D eigenvalue weighted by atomic mass is 10.1. The van der Waals surface area contributed by atoms with Gasteiger partial charge in [0.25, 0.3) is 5.91 Å². The number of hydrogen-bond acceptors (Lipinski definition) is 3. The Hall–Kier alpha value is -1.71. The van der Waals surface area contributed by atoms with Crippen LogP contribution in [-0.4, -0.2) is 26.0 Å². The van der Waals surface area contributed by atoms with Gasteiger partial charge < -0.3 is 16.0 Å². The molecule has 0 saturated carbocycles. The van der Waals surface area contributed by atoms with Gasteiger partial charge in [0.05, 0.1) is 16.9 Å². The first kappa shape index (κ1) is 8.87. The van der Waals surface area contributed by atoms with Crippen LogP contribution in [0.15, 0.2) is 18.2 Å². The highest BCUT2D eigenvalue weighted by atomic mass is 16.1. The van der Waals surface area contributed by atoms with Gasteiger partial charge in [-0.15, -0.1) is 0 Å². The second kappa shape index (κ2) is 3.21. The number of benzene rings is 1. The number of carbonyl (C=O) groups excluding carboxylic acids is 1. The molecule has 0 atom stereocenters. The van der Waals surface area contributed by atoms with E-state index in [1.807, 2.05) is 18.0 Å². The van der Waals surface area contributed by atoms with Crippen LogP contribution in [0.4, 0.5) is 11.4 Å². The van der Waals surface area contributed by atoms with Gasteiger partial charge in [0.2, 0.25) is 0 Å². The molecule has 0 bridgehead atoms. The number of nitrogens with two attached hydrogens (primary N) is 1. The SMILES string of the molecule is CN1CCNC(=O)c2cccc(N)c21. The van der Waals surface area contributed by atoms with E-state index in [9.17, 15) is 4.79 Å². The summed E-state index contributed by atoms with van der Waals surface area (Å²) in [5.41, 5.74) is 7.99. The van der Waals surface area contributed by atoms with Gasteiger partial charge in [-0.3, -0.25) is 4.79 Å². The van der Waals surface area contributed by atoms with E-state index in [0.717, 1.165) is 12.2 Å². The predicted octanol–water partition coefficient (Wildman–Crippen LogP) is 0.448. The van der Waals surface area contributed by atoms with Crippen LogP contribution in [0.25, 0.3) is 0 Å². The number of nitrogens with one attached hydrogen (secondary N) is 1. The maximum absolute atomic E-state index is 11.6. The Morgan fingerprint density at radius 2 is 2.29 bits per heavy atom. The number of hydrogen-bond donors (Lipinski definition) is 2. The minimum Gasteiger partial charge on any atom is -0.397 e. The van der Waals surface area contributed by atoms with Crippen molar-refractivity contribution in [2.75, 3.05) is 30.8 Å². The lowest BCUT2D eigenvalue weighted by Gasteiger charge is -2.19. The molecule has 0 radical (unpaired) electrons. The van der Waals surface area contributed by atoms with Crippen LogP contribution >= 0.6 is 0 Å². The zero-order valence-corrected chi connectivity index (χ0v) is 8.08. The molecule has 4 heteroatoms. The molecule has 3 N–H and O–H groups in total. The summed E-state index contributed by atoms with van der Waals surface area (Å²) in [6, 6.07) is 5.41. The van der Waals surface area contributed by atoms with E-state index in [1.165, 1.54) is 0 Å². The maximum Gasteiger partial charge on any atom is 0.253 e. The van der Waals surface area contributed by atoms with Crippen molar-refractivity contribution in [3.8, 4) is 0 Å². The van der Waals surface area contributed by atoms with Gasteiger partial charge in [0.15, 0.2) is 0 Å². The minimum absolute atomic E-state index is 0.0448. The zero-order valence-electron chi connectivity index (χ0n) is 8.08. The Kier molecular flexibility index (Phi) is 2.04. The second-order valence-electron chi connectivity index (χ2n) is 3.42. The summed E-state index contributed by atoms with van der Waals surface area (Å²) in [4.78, 5) is 13.6. The van der Waals surface area contributed by atoms with Gasteiger partial charge in [-0.05, 0) is 12.1 Å². The monoisotopic (exact) mass is 191 g/mol. The first-order valence-corrected chi connectivity index (χ1v) is 4.58. The molecule has 0 unspecified atom stereocenters. The van der Waals surface area contributed by atoms with Crippen LogP contribution in [0, 0.1) is 0 Å². The van der Waals surface area contributed by atoms with Crippen LogP contribution < -0.4 is 16.0 Å². The van der Waals surface area contributed by atoms with Crippen molar-refractivity contribution in [3.63, 3.8) is 0 Å². The van der Waals surface area contributed by atoms with E-state index >= 15 is 0 Å². The number of para-hydroxylation sites is 1. The summed E-state index contributed by atoms with van der Waals surface area (Å²) in [7, 11) is 1.94. The van der Waals surface area contributed by atoms with Crippen LogP contribution in [0.3, 0.4) is 0 Å². The van der Waals surface area contributed by atoms with Crippen LogP contribution in [0.1, 0.15) is 10.4 Å². The minimum atomic E-state index is -0.0448. The van der Waals surface area contributed by atoms with Crippen LogP contribution in [-0.2, 0) is 0 Å². The maximum atomic E-state index is 11.6. The molecule has 1 amide bonds. The Balaban J connectivity index is 2.59. The fraction of sp³-hybridized carbons (Fsp3) is 0.300. The summed E-state index contributed by atoms with van der Waals surface area (Å²) >= 11 is 0. The molecule has 0 fully saturated rings. The van der Waals surface area contributed by atoms with Crippen molar-refractivity contribution in [3.05, 3.63) is 23.8 Å². The third-order valence-electron chi connectivity index (χ3n) is 2.43. The molecular weight excluding hydrogens is 178 g/mol. The summed E-state index contributed by atoms with van der Waals surface area (Å²) in [5, 5.41) is 2.82. The standard InChI is InChI=1S/C10H13N3O/c1-13-6-5-12-10(14)7-3-2-4-8(11)9(7)13/h2-4H,5-6,11H2,1H3,(H,12,14). The summed E-state index contributed by atoms with van der Waals surface area (Å²) < 4.78 is 0. The Labute approximate surface area is 82.7 Å². The quantitative estimate of drug-likeness (QED) is 0.585. The molecule has 1 aliphatic rings. The van der Waals surface area contributed by atoms with Gasteiger partial charge in [-0.25, -0.2) is 0 Å². The van der Waals surface area contributed by atoms with E-state index in [-0.39, 0.29) is 5.91 Å². The highest BCUT2D eigenvalue weighted by molar-refractivity contribution is 6.03. The Bertz CT molecular complexity index is 376. The van der Waals surface area contributed by atoms with E-state index in [4.69, 9.17) is 5.73 Å². The van der Waals surface area contributed by atoms with Crippen molar-refractivity contribution in [2.24, 2.45) is 0 Å². The van der Waals surface area contributed by atoms with Crippen molar-refractivity contribution < 1.29 is 4.79 Å². The number of amides is 1. The molecule has 4 nitrogen and oxygen atoms in total. The third kappa shape index (κ3) is 1.28. The second-order valence-corrected chi connectivity index (χ2v) is 3.42. The Morgan fingerprint density at radius 1 is 1.50 bits per heavy atom. The van der Waals surface area contributed by atoms with Crippen molar-refractivity contribution >= 4 is 17.3 Å². The van der Waals surface area contributed by atoms with Gasteiger partial charge in [0.1, 0.15) is 0 Å². The highest BCUT2D eigenvalue weighted by Crippen LogP contribution is 2.27. The molecule has 1 aromatic rings. The van der Waals surface area contributed by atoms with E-state index in [1.54, 1.807) is 12.1 Å². The first-order chi connectivity index (χ1) is 6.70. The van der Waals surface area contributed by atoms with Gasteiger partial charge in [0, 0.05) is 20.1 Å². The lowest BCUT2D eigenvalue weighted by molar-refractivity contribution is 0.0958. The fourth-order valence-corrected chi connectivity index (χ4v) is 1.71. The van der Waals surface area contributed by atoms with E-state index < -0.39 is 0 Å². The third-order valence-corrected chi connectivity index (χ3v) is 2.43. The van der Waals surface area contributed by atoms with Crippen molar-refractivity contribution in [1.82, 2.24) is 5.32 Å². The largest absolute Gasteiger partial charge is 0.397 e. The Morgan fingerprint density at radius 3 is 3.07 bits per heavy atom. The van der Waals surface area contributed by atoms with E-state index in [0.29, 0.717) is 17.8 Å². The van der Waals surface area contributed by atoms with E-state index in [2.05, 4.69) is 5.32 Å².